The van der Waals surface area contributed by atoms with Gasteiger partial charge in [-0.1, -0.05) is 23.4 Å². The van der Waals surface area contributed by atoms with Crippen molar-refractivity contribution < 1.29 is 9.63 Å². The van der Waals surface area contributed by atoms with Crippen LogP contribution in [0.25, 0.3) is 5.57 Å². The van der Waals surface area contributed by atoms with E-state index in [0.717, 1.165) is 49.1 Å². The number of nitrogens with zero attached hydrogens (tertiary/aromatic N) is 1. The van der Waals surface area contributed by atoms with Gasteiger partial charge in [-0.15, -0.1) is 0 Å². The van der Waals surface area contributed by atoms with Crippen LogP contribution in [0.2, 0.25) is 0 Å². The maximum absolute atomic E-state index is 10.1. The van der Waals surface area contributed by atoms with Crippen LogP contribution in [0.15, 0.2) is 22.8 Å². The number of aryl methyl sites for hydroxylation is 2. The molecule has 0 amide bonds. The summed E-state index contributed by atoms with van der Waals surface area (Å²) in [6.45, 7) is 5.95. The normalized spacial score (nSPS) is 33.0. The van der Waals surface area contributed by atoms with E-state index < -0.39 is 5.60 Å². The third-order valence-corrected chi connectivity index (χ3v) is 5.13. The summed E-state index contributed by atoms with van der Waals surface area (Å²) in [5.41, 5.74) is 2.92. The third kappa shape index (κ3) is 2.98. The van der Waals surface area contributed by atoms with E-state index >= 15 is 0 Å². The monoisotopic (exact) mass is 287 g/mol. The molecule has 1 saturated carbocycles. The molecule has 3 nitrogen and oxygen atoms in total. The summed E-state index contributed by atoms with van der Waals surface area (Å²) in [5, 5.41) is 14.2. The van der Waals surface area contributed by atoms with Crippen molar-refractivity contribution in [1.82, 2.24) is 5.16 Å². The van der Waals surface area contributed by atoms with Gasteiger partial charge >= 0.3 is 0 Å². The van der Waals surface area contributed by atoms with E-state index in [1.807, 2.05) is 20.8 Å². The topological polar surface area (TPSA) is 46.3 Å². The number of hydrogen-bond acceptors (Lipinski definition) is 3. The fraction of sp³-hybridized carbons (Fsp3) is 0.611. The Morgan fingerprint density at radius 2 is 2.00 bits per heavy atom. The van der Waals surface area contributed by atoms with Crippen LogP contribution < -0.4 is 0 Å². The van der Waals surface area contributed by atoms with Crippen LogP contribution in [0.5, 0.6) is 0 Å². The highest BCUT2D eigenvalue weighted by molar-refractivity contribution is 5.77. The van der Waals surface area contributed by atoms with Crippen molar-refractivity contribution in [3.8, 4) is 0 Å². The number of aliphatic hydroxyl groups is 1. The van der Waals surface area contributed by atoms with Gasteiger partial charge in [0.05, 0.1) is 11.3 Å². The van der Waals surface area contributed by atoms with Crippen LogP contribution in [0.3, 0.4) is 0 Å². The molecule has 1 aromatic heterocycles. The highest BCUT2D eigenvalue weighted by Gasteiger charge is 2.32. The van der Waals surface area contributed by atoms with E-state index in [1.165, 1.54) is 5.57 Å². The summed E-state index contributed by atoms with van der Waals surface area (Å²) in [4.78, 5) is 0. The van der Waals surface area contributed by atoms with Gasteiger partial charge < -0.3 is 9.63 Å². The number of rotatable bonds is 2. The minimum absolute atomic E-state index is 0.449. The van der Waals surface area contributed by atoms with Gasteiger partial charge in [0.25, 0.3) is 0 Å². The second-order valence-electron chi connectivity index (χ2n) is 6.96. The molecule has 2 aliphatic rings. The first-order valence-corrected chi connectivity index (χ1v) is 8.00. The van der Waals surface area contributed by atoms with Gasteiger partial charge in [0.2, 0.25) is 0 Å². The molecule has 0 bridgehead atoms. The van der Waals surface area contributed by atoms with Crippen LogP contribution in [0.4, 0.5) is 0 Å². The van der Waals surface area contributed by atoms with Crippen molar-refractivity contribution in [3.63, 3.8) is 0 Å². The van der Waals surface area contributed by atoms with Crippen LogP contribution in [-0.4, -0.2) is 15.9 Å². The van der Waals surface area contributed by atoms with Gasteiger partial charge in [0, 0.05) is 5.56 Å². The lowest BCUT2D eigenvalue weighted by molar-refractivity contribution is 0.00241. The molecule has 1 N–H and O–H groups in total. The van der Waals surface area contributed by atoms with Crippen molar-refractivity contribution in [2.75, 3.05) is 0 Å². The Morgan fingerprint density at radius 3 is 2.62 bits per heavy atom. The molecular formula is C18H25NO2. The predicted octanol–water partition coefficient (Wildman–Crippen LogP) is 4.19. The number of aromatic nitrogens is 1. The minimum Gasteiger partial charge on any atom is -0.390 e. The Labute approximate surface area is 126 Å². The molecule has 1 aromatic rings. The van der Waals surface area contributed by atoms with Crippen molar-refractivity contribution in [2.24, 2.45) is 11.8 Å². The quantitative estimate of drug-likeness (QED) is 0.887. The summed E-state index contributed by atoms with van der Waals surface area (Å²) in [5.74, 6) is 2.16. The average molecular weight is 287 g/mol. The molecular weight excluding hydrogens is 262 g/mol. The van der Waals surface area contributed by atoms with Crippen molar-refractivity contribution in [3.05, 3.63) is 35.2 Å². The van der Waals surface area contributed by atoms with Crippen LogP contribution >= 0.6 is 0 Å². The van der Waals surface area contributed by atoms with Gasteiger partial charge in [-0.05, 0) is 70.3 Å². The molecule has 3 heteroatoms. The van der Waals surface area contributed by atoms with Crippen LogP contribution in [0, 0.1) is 25.7 Å². The molecule has 3 rings (SSSR count). The smallest absolute Gasteiger partial charge is 0.141 e. The fourth-order valence-corrected chi connectivity index (χ4v) is 3.79. The lowest BCUT2D eigenvalue weighted by Gasteiger charge is -2.36. The van der Waals surface area contributed by atoms with E-state index in [0.29, 0.717) is 11.8 Å². The molecule has 21 heavy (non-hydrogen) atoms. The van der Waals surface area contributed by atoms with Gasteiger partial charge in [0.1, 0.15) is 5.76 Å². The standard InChI is InChI=1S/C18H25NO2/c1-12-17(13(2)21-19-12)16-6-4-5-15(11-16)14-7-9-18(3,20)10-8-14/h4,6,11,14-15,20H,5,7-10H2,1-3H3. The summed E-state index contributed by atoms with van der Waals surface area (Å²) < 4.78 is 5.30. The van der Waals surface area contributed by atoms with Gasteiger partial charge in [-0.3, -0.25) is 0 Å². The van der Waals surface area contributed by atoms with Gasteiger partial charge in [-0.2, -0.15) is 0 Å². The van der Waals surface area contributed by atoms with E-state index in [2.05, 4.69) is 23.4 Å². The Hall–Kier alpha value is -1.35. The third-order valence-electron chi connectivity index (χ3n) is 5.13. The van der Waals surface area contributed by atoms with Crippen molar-refractivity contribution >= 4 is 5.57 Å². The number of hydrogen-bond donors (Lipinski definition) is 1. The molecule has 1 heterocycles. The molecule has 2 aliphatic carbocycles. The first kappa shape index (κ1) is 14.6. The molecule has 1 fully saturated rings. The maximum Gasteiger partial charge on any atom is 0.141 e. The summed E-state index contributed by atoms with van der Waals surface area (Å²) in [7, 11) is 0. The Bertz CT molecular complexity index is 551. The lowest BCUT2D eigenvalue weighted by atomic mass is 9.72. The van der Waals surface area contributed by atoms with E-state index in [1.54, 1.807) is 0 Å². The second-order valence-corrected chi connectivity index (χ2v) is 6.96. The highest BCUT2D eigenvalue weighted by atomic mass is 16.5. The molecule has 0 aliphatic heterocycles. The summed E-state index contributed by atoms with van der Waals surface area (Å²) in [6, 6.07) is 0. The largest absolute Gasteiger partial charge is 0.390 e. The zero-order valence-corrected chi connectivity index (χ0v) is 13.2. The lowest BCUT2D eigenvalue weighted by Crippen LogP contribution is -2.32. The van der Waals surface area contributed by atoms with Crippen LogP contribution in [0.1, 0.15) is 56.0 Å². The Kier molecular flexibility index (Phi) is 3.78. The second kappa shape index (κ2) is 5.45. The predicted molar refractivity (Wildman–Crippen MR) is 83.8 cm³/mol. The number of allylic oxidation sites excluding steroid dienone is 4. The zero-order valence-electron chi connectivity index (χ0n) is 13.2. The fourth-order valence-electron chi connectivity index (χ4n) is 3.79. The molecule has 1 atom stereocenters. The van der Waals surface area contributed by atoms with Crippen molar-refractivity contribution in [1.29, 1.82) is 0 Å². The summed E-state index contributed by atoms with van der Waals surface area (Å²) >= 11 is 0. The Balaban J connectivity index is 1.79. The van der Waals surface area contributed by atoms with E-state index in [4.69, 9.17) is 4.52 Å². The molecule has 0 aromatic carbocycles. The first-order valence-electron chi connectivity index (χ1n) is 8.00. The van der Waals surface area contributed by atoms with E-state index in [9.17, 15) is 5.11 Å². The first-order chi connectivity index (χ1) is 9.96. The van der Waals surface area contributed by atoms with Gasteiger partial charge in [0.15, 0.2) is 0 Å². The minimum atomic E-state index is -0.449. The van der Waals surface area contributed by atoms with Crippen molar-refractivity contribution in [2.45, 2.75) is 58.5 Å². The maximum atomic E-state index is 10.1. The Morgan fingerprint density at radius 1 is 1.29 bits per heavy atom. The molecule has 0 spiro atoms. The van der Waals surface area contributed by atoms with Gasteiger partial charge in [-0.25, -0.2) is 0 Å². The zero-order chi connectivity index (χ0) is 15.0. The molecule has 0 radical (unpaired) electrons. The SMILES string of the molecule is Cc1noc(C)c1C1=CC(C2CCC(C)(O)CC2)CC=C1. The highest BCUT2D eigenvalue weighted by Crippen LogP contribution is 2.40. The molecule has 114 valence electrons. The van der Waals surface area contributed by atoms with E-state index in [-0.39, 0.29) is 0 Å². The summed E-state index contributed by atoms with van der Waals surface area (Å²) in [6.07, 6.45) is 12.1. The molecule has 1 unspecified atom stereocenters. The average Bonchev–Trinajstić information content (AvgIpc) is 2.78. The van der Waals surface area contributed by atoms with Crippen LogP contribution in [-0.2, 0) is 0 Å². The molecule has 0 saturated heterocycles.